The van der Waals surface area contributed by atoms with Gasteiger partial charge in [0.05, 0.1) is 30.8 Å². The molecule has 0 spiro atoms. The Morgan fingerprint density at radius 3 is 2.42 bits per heavy atom. The number of rotatable bonds is 9. The third-order valence-corrected chi connectivity index (χ3v) is 5.21. The number of amides is 2. The minimum Gasteiger partial charge on any atom is -0.493 e. The van der Waals surface area contributed by atoms with Crippen LogP contribution >= 0.6 is 0 Å². The SMILES string of the molecule is Cc1oc(-c2ccccc2NC(=O)CCOc2ccccc2)nc1CNC(=O)c1cc(F)cc(F)c1. The second kappa shape index (κ2) is 11.3. The summed E-state index contributed by atoms with van der Waals surface area (Å²) in [6.07, 6.45) is 0.145. The molecule has 0 aliphatic heterocycles. The molecule has 0 unspecified atom stereocenters. The minimum atomic E-state index is -0.842. The molecule has 4 rings (SSSR count). The highest BCUT2D eigenvalue weighted by Crippen LogP contribution is 2.29. The summed E-state index contributed by atoms with van der Waals surface area (Å²) in [5.74, 6) is -1.18. The maximum absolute atomic E-state index is 13.4. The zero-order valence-electron chi connectivity index (χ0n) is 19.4. The lowest BCUT2D eigenvalue weighted by Gasteiger charge is -2.09. The normalized spacial score (nSPS) is 10.6. The summed E-state index contributed by atoms with van der Waals surface area (Å²) in [4.78, 5) is 29.2. The van der Waals surface area contributed by atoms with E-state index in [1.165, 1.54) is 0 Å². The first kappa shape index (κ1) is 24.6. The van der Waals surface area contributed by atoms with Gasteiger partial charge in [-0.05, 0) is 43.3 Å². The number of aromatic nitrogens is 1. The van der Waals surface area contributed by atoms with Crippen LogP contribution in [0.1, 0.15) is 28.2 Å². The Bertz CT molecular complexity index is 1350. The molecule has 2 N–H and O–H groups in total. The number of hydrogen-bond acceptors (Lipinski definition) is 5. The Morgan fingerprint density at radius 2 is 1.67 bits per heavy atom. The molecule has 9 heteroatoms. The quantitative estimate of drug-likeness (QED) is 0.333. The molecule has 0 aliphatic carbocycles. The van der Waals surface area contributed by atoms with Crippen LogP contribution in [-0.4, -0.2) is 23.4 Å². The first-order chi connectivity index (χ1) is 17.4. The highest BCUT2D eigenvalue weighted by Gasteiger charge is 2.17. The number of hydrogen-bond donors (Lipinski definition) is 2. The fourth-order valence-electron chi connectivity index (χ4n) is 3.43. The molecule has 184 valence electrons. The molecule has 3 aromatic carbocycles. The van der Waals surface area contributed by atoms with Gasteiger partial charge in [-0.2, -0.15) is 0 Å². The number of anilines is 1. The van der Waals surface area contributed by atoms with E-state index in [0.717, 1.165) is 12.1 Å². The first-order valence-corrected chi connectivity index (χ1v) is 11.2. The van der Waals surface area contributed by atoms with Gasteiger partial charge in [0.15, 0.2) is 0 Å². The van der Waals surface area contributed by atoms with E-state index in [0.29, 0.717) is 34.5 Å². The second-order valence-corrected chi connectivity index (χ2v) is 7.87. The molecule has 0 saturated carbocycles. The van der Waals surface area contributed by atoms with Crippen LogP contribution in [0.25, 0.3) is 11.5 Å². The number of carbonyl (C=O) groups is 2. The van der Waals surface area contributed by atoms with E-state index in [1.54, 1.807) is 31.2 Å². The molecule has 4 aromatic rings. The van der Waals surface area contributed by atoms with E-state index in [2.05, 4.69) is 15.6 Å². The largest absolute Gasteiger partial charge is 0.493 e. The van der Waals surface area contributed by atoms with Gasteiger partial charge in [-0.15, -0.1) is 0 Å². The fraction of sp³-hybridized carbons (Fsp3) is 0.148. The van der Waals surface area contributed by atoms with Gasteiger partial charge in [0.2, 0.25) is 11.8 Å². The molecule has 0 aliphatic rings. The van der Waals surface area contributed by atoms with Gasteiger partial charge in [-0.1, -0.05) is 30.3 Å². The highest BCUT2D eigenvalue weighted by atomic mass is 19.1. The van der Waals surface area contributed by atoms with Gasteiger partial charge < -0.3 is 19.8 Å². The molecule has 36 heavy (non-hydrogen) atoms. The average Bonchev–Trinajstić information content (AvgIpc) is 3.23. The zero-order chi connectivity index (χ0) is 25.5. The van der Waals surface area contributed by atoms with Crippen molar-refractivity contribution in [3.05, 3.63) is 101 Å². The van der Waals surface area contributed by atoms with Gasteiger partial charge in [0, 0.05) is 11.6 Å². The number of nitrogens with one attached hydrogen (secondary N) is 2. The van der Waals surface area contributed by atoms with Crippen molar-refractivity contribution in [1.82, 2.24) is 10.3 Å². The van der Waals surface area contributed by atoms with E-state index in [-0.39, 0.29) is 36.9 Å². The van der Waals surface area contributed by atoms with Crippen LogP contribution in [0.4, 0.5) is 14.5 Å². The Morgan fingerprint density at radius 1 is 0.972 bits per heavy atom. The standard InChI is InChI=1S/C27H23F2N3O4/c1-17-24(16-30-26(34)18-13-19(28)15-20(29)14-18)32-27(36-17)22-9-5-6-10-23(22)31-25(33)11-12-35-21-7-3-2-4-8-21/h2-10,13-15H,11-12,16H2,1H3,(H,30,34)(H,31,33). The molecule has 0 fully saturated rings. The van der Waals surface area contributed by atoms with Crippen molar-refractivity contribution in [2.45, 2.75) is 19.9 Å². The van der Waals surface area contributed by atoms with E-state index >= 15 is 0 Å². The summed E-state index contributed by atoms with van der Waals surface area (Å²) in [5, 5.41) is 5.43. The number of ether oxygens (including phenoxy) is 1. The predicted octanol–water partition coefficient (Wildman–Crippen LogP) is 5.27. The molecule has 0 radical (unpaired) electrons. The van der Waals surface area contributed by atoms with Gasteiger partial charge in [0.25, 0.3) is 5.91 Å². The van der Waals surface area contributed by atoms with Crippen molar-refractivity contribution in [1.29, 1.82) is 0 Å². The topological polar surface area (TPSA) is 93.5 Å². The third kappa shape index (κ3) is 6.32. The fourth-order valence-corrected chi connectivity index (χ4v) is 3.43. The summed E-state index contributed by atoms with van der Waals surface area (Å²) in [6, 6.07) is 18.8. The van der Waals surface area contributed by atoms with Crippen LogP contribution in [0.15, 0.2) is 77.2 Å². The van der Waals surface area contributed by atoms with E-state index < -0.39 is 17.5 Å². The molecule has 1 heterocycles. The summed E-state index contributed by atoms with van der Waals surface area (Å²) in [5.41, 5.74) is 1.36. The van der Waals surface area contributed by atoms with Crippen molar-refractivity contribution in [3.63, 3.8) is 0 Å². The third-order valence-electron chi connectivity index (χ3n) is 5.21. The molecule has 1 aromatic heterocycles. The van der Waals surface area contributed by atoms with Crippen LogP contribution < -0.4 is 15.4 Å². The maximum Gasteiger partial charge on any atom is 0.251 e. The molecule has 0 bridgehead atoms. The summed E-state index contributed by atoms with van der Waals surface area (Å²) >= 11 is 0. The zero-order valence-corrected chi connectivity index (χ0v) is 19.4. The van der Waals surface area contributed by atoms with Crippen LogP contribution in [-0.2, 0) is 11.3 Å². The number of halogens is 2. The van der Waals surface area contributed by atoms with Crippen molar-refractivity contribution in [3.8, 4) is 17.2 Å². The number of para-hydroxylation sites is 2. The lowest BCUT2D eigenvalue weighted by atomic mass is 10.1. The van der Waals surface area contributed by atoms with Crippen LogP contribution in [0.3, 0.4) is 0 Å². The van der Waals surface area contributed by atoms with Gasteiger partial charge >= 0.3 is 0 Å². The number of aryl methyl sites for hydroxylation is 1. The predicted molar refractivity (Wildman–Crippen MR) is 129 cm³/mol. The van der Waals surface area contributed by atoms with E-state index in [1.807, 2.05) is 30.3 Å². The minimum absolute atomic E-state index is 0.0162. The molecular formula is C27H23F2N3O4. The van der Waals surface area contributed by atoms with Crippen molar-refractivity contribution < 1.29 is 27.5 Å². The summed E-state index contributed by atoms with van der Waals surface area (Å²) in [7, 11) is 0. The number of carbonyl (C=O) groups excluding carboxylic acids is 2. The highest BCUT2D eigenvalue weighted by molar-refractivity contribution is 5.95. The van der Waals surface area contributed by atoms with Gasteiger partial charge in [0.1, 0.15) is 28.8 Å². The second-order valence-electron chi connectivity index (χ2n) is 7.87. The monoisotopic (exact) mass is 491 g/mol. The number of nitrogens with zero attached hydrogens (tertiary/aromatic N) is 1. The molecular weight excluding hydrogens is 468 g/mol. The first-order valence-electron chi connectivity index (χ1n) is 11.2. The lowest BCUT2D eigenvalue weighted by Crippen LogP contribution is -2.23. The Balaban J connectivity index is 1.40. The van der Waals surface area contributed by atoms with Crippen LogP contribution in [0, 0.1) is 18.6 Å². The van der Waals surface area contributed by atoms with Crippen LogP contribution in [0.5, 0.6) is 5.75 Å². The summed E-state index contributed by atoms with van der Waals surface area (Å²) in [6.45, 7) is 1.88. The van der Waals surface area contributed by atoms with Crippen molar-refractivity contribution in [2.24, 2.45) is 0 Å². The van der Waals surface area contributed by atoms with Gasteiger partial charge in [-0.3, -0.25) is 9.59 Å². The number of benzene rings is 3. The summed E-state index contributed by atoms with van der Waals surface area (Å²) < 4.78 is 38.1. The Kier molecular flexibility index (Phi) is 7.69. The molecule has 0 saturated heterocycles. The van der Waals surface area contributed by atoms with Crippen molar-refractivity contribution >= 4 is 17.5 Å². The van der Waals surface area contributed by atoms with Gasteiger partial charge in [-0.25, -0.2) is 13.8 Å². The van der Waals surface area contributed by atoms with Crippen molar-refractivity contribution in [2.75, 3.05) is 11.9 Å². The average molecular weight is 491 g/mol. The Hall–Kier alpha value is -4.53. The van der Waals surface area contributed by atoms with E-state index in [9.17, 15) is 18.4 Å². The lowest BCUT2D eigenvalue weighted by molar-refractivity contribution is -0.116. The van der Waals surface area contributed by atoms with Crippen LogP contribution in [0.2, 0.25) is 0 Å². The molecule has 2 amide bonds. The molecule has 7 nitrogen and oxygen atoms in total. The van der Waals surface area contributed by atoms with E-state index in [4.69, 9.17) is 9.15 Å². The Labute approximate surface area is 206 Å². The number of oxazole rings is 1. The smallest absolute Gasteiger partial charge is 0.251 e. The molecule has 0 atom stereocenters. The maximum atomic E-state index is 13.4.